The number of hydrogen-bond donors (Lipinski definition) is 2. The van der Waals surface area contributed by atoms with Gasteiger partial charge in [-0.05, 0) is 35.4 Å². The van der Waals surface area contributed by atoms with E-state index in [0.717, 1.165) is 16.5 Å². The van der Waals surface area contributed by atoms with E-state index in [2.05, 4.69) is 9.71 Å². The zero-order chi connectivity index (χ0) is 21.5. The zero-order valence-electron chi connectivity index (χ0n) is 16.0. The van der Waals surface area contributed by atoms with Crippen molar-refractivity contribution < 1.29 is 17.9 Å². The Morgan fingerprint density at radius 3 is 2.77 bits per heavy atom. The molecule has 1 aliphatic rings. The molecule has 0 radical (unpaired) electrons. The van der Waals surface area contributed by atoms with Crippen molar-refractivity contribution in [2.45, 2.75) is 19.0 Å². The van der Waals surface area contributed by atoms with Crippen molar-refractivity contribution in [2.75, 3.05) is 13.7 Å². The summed E-state index contributed by atoms with van der Waals surface area (Å²) in [6.07, 6.45) is 0. The van der Waals surface area contributed by atoms with Gasteiger partial charge in [0.05, 0.1) is 19.6 Å². The van der Waals surface area contributed by atoms with Crippen LogP contribution in [0.15, 0.2) is 42.5 Å². The summed E-state index contributed by atoms with van der Waals surface area (Å²) in [5.74, 6) is -1.29. The maximum absolute atomic E-state index is 13.0. The second-order valence-corrected chi connectivity index (χ2v) is 9.59. The van der Waals surface area contributed by atoms with E-state index in [-0.39, 0.29) is 19.6 Å². The minimum absolute atomic E-state index is 0.0383. The highest BCUT2D eigenvalue weighted by Gasteiger charge is 2.38. The molecule has 0 amide bonds. The average molecular weight is 468 g/mol. The molecule has 0 saturated heterocycles. The summed E-state index contributed by atoms with van der Waals surface area (Å²) >= 11 is 12.3. The van der Waals surface area contributed by atoms with Crippen LogP contribution in [-0.2, 0) is 32.8 Å². The maximum atomic E-state index is 13.0. The fourth-order valence-corrected chi connectivity index (χ4v) is 5.26. The normalized spacial score (nSPS) is 17.1. The minimum Gasteiger partial charge on any atom is -0.469 e. The number of carbonyl (C=O) groups excluding carboxylic acids is 1. The first-order valence-electron chi connectivity index (χ1n) is 9.16. The third-order valence-electron chi connectivity index (χ3n) is 5.18. The van der Waals surface area contributed by atoms with Crippen molar-refractivity contribution in [3.05, 3.63) is 69.3 Å². The van der Waals surface area contributed by atoms with Gasteiger partial charge in [-0.25, -0.2) is 0 Å². The molecule has 2 N–H and O–H groups in total. The first-order chi connectivity index (χ1) is 14.3. The Hall–Kier alpha value is -2.10. The molecule has 0 bridgehead atoms. The molecule has 2 aromatic carbocycles. The number of nitrogens with one attached hydrogen (secondary N) is 2. The predicted molar refractivity (Wildman–Crippen MR) is 116 cm³/mol. The van der Waals surface area contributed by atoms with Gasteiger partial charge in [0.2, 0.25) is 0 Å². The first kappa shape index (κ1) is 21.1. The Balaban J connectivity index is 1.67. The van der Waals surface area contributed by atoms with Crippen LogP contribution in [0.5, 0.6) is 0 Å². The van der Waals surface area contributed by atoms with Gasteiger partial charge in [-0.15, -0.1) is 0 Å². The summed E-state index contributed by atoms with van der Waals surface area (Å²) in [6, 6.07) is 12.3. The summed E-state index contributed by atoms with van der Waals surface area (Å²) < 4.78 is 34.7. The van der Waals surface area contributed by atoms with Crippen molar-refractivity contribution in [1.82, 2.24) is 14.0 Å². The second kappa shape index (κ2) is 8.20. The number of esters is 1. The molecule has 7 nitrogen and oxygen atoms in total. The molecule has 158 valence electrons. The highest BCUT2D eigenvalue weighted by atomic mass is 35.5. The highest BCUT2D eigenvalue weighted by molar-refractivity contribution is 7.87. The van der Waals surface area contributed by atoms with Crippen molar-refractivity contribution in [1.29, 1.82) is 0 Å². The maximum Gasteiger partial charge on any atom is 0.314 e. The Kier molecular flexibility index (Phi) is 5.78. The molecule has 0 spiro atoms. The summed E-state index contributed by atoms with van der Waals surface area (Å²) in [4.78, 5) is 15.7. The van der Waals surface area contributed by atoms with Crippen LogP contribution in [0.25, 0.3) is 10.9 Å². The van der Waals surface area contributed by atoms with E-state index < -0.39 is 22.1 Å². The van der Waals surface area contributed by atoms with Crippen LogP contribution >= 0.6 is 23.2 Å². The van der Waals surface area contributed by atoms with E-state index in [1.54, 1.807) is 42.5 Å². The summed E-state index contributed by atoms with van der Waals surface area (Å²) in [5.41, 5.74) is 2.79. The molecule has 1 aromatic heterocycles. The smallest absolute Gasteiger partial charge is 0.314 e. The molecular formula is C20H19Cl2N3O4S. The molecule has 30 heavy (non-hydrogen) atoms. The number of methoxy groups -OCH3 is 1. The molecule has 10 heteroatoms. The van der Waals surface area contributed by atoms with Crippen LogP contribution < -0.4 is 4.72 Å². The van der Waals surface area contributed by atoms with Gasteiger partial charge in [-0.3, -0.25) is 4.79 Å². The Bertz CT molecular complexity index is 1230. The molecule has 0 aliphatic carbocycles. The van der Waals surface area contributed by atoms with E-state index in [1.807, 2.05) is 0 Å². The van der Waals surface area contributed by atoms with Crippen LogP contribution in [0.4, 0.5) is 0 Å². The van der Waals surface area contributed by atoms with Crippen LogP contribution in [-0.4, -0.2) is 37.3 Å². The monoisotopic (exact) mass is 467 g/mol. The summed E-state index contributed by atoms with van der Waals surface area (Å²) in [6.45, 7) is 0.0839. The lowest BCUT2D eigenvalue weighted by Crippen LogP contribution is -2.46. The molecule has 2 heterocycles. The number of benzene rings is 2. The molecule has 0 fully saturated rings. The number of aromatic amines is 1. The number of halogens is 2. The van der Waals surface area contributed by atoms with E-state index in [1.165, 1.54) is 11.4 Å². The van der Waals surface area contributed by atoms with Gasteiger partial charge < -0.3 is 9.72 Å². The van der Waals surface area contributed by atoms with Crippen LogP contribution in [0, 0.1) is 0 Å². The molecule has 0 saturated carbocycles. The number of hydrogen-bond acceptors (Lipinski definition) is 4. The molecule has 4 rings (SSSR count). The lowest BCUT2D eigenvalue weighted by Gasteiger charge is -2.31. The van der Waals surface area contributed by atoms with E-state index >= 15 is 0 Å². The molecule has 1 unspecified atom stereocenters. The Morgan fingerprint density at radius 2 is 2.03 bits per heavy atom. The highest BCUT2D eigenvalue weighted by Crippen LogP contribution is 2.37. The topological polar surface area (TPSA) is 91.5 Å². The van der Waals surface area contributed by atoms with Gasteiger partial charge in [-0.1, -0.05) is 41.4 Å². The average Bonchev–Trinajstić information content (AvgIpc) is 3.09. The fourth-order valence-electron chi connectivity index (χ4n) is 3.72. The Labute approximate surface area is 184 Å². The zero-order valence-corrected chi connectivity index (χ0v) is 18.3. The number of carbonyl (C=O) groups is 1. The quantitative estimate of drug-likeness (QED) is 0.560. The third-order valence-corrected chi connectivity index (χ3v) is 7.25. The van der Waals surface area contributed by atoms with Crippen LogP contribution in [0.1, 0.15) is 22.7 Å². The lowest BCUT2D eigenvalue weighted by molar-refractivity contribution is -0.142. The number of H-pyrrole nitrogens is 1. The first-order valence-corrected chi connectivity index (χ1v) is 11.4. The molecule has 3 aromatic rings. The number of aromatic nitrogens is 1. The van der Waals surface area contributed by atoms with Gasteiger partial charge >= 0.3 is 5.97 Å². The third kappa shape index (κ3) is 3.93. The fraction of sp³-hybridized carbons (Fsp3) is 0.250. The molecule has 1 aliphatic heterocycles. The number of ether oxygens (including phenoxy) is 1. The SMILES string of the molecule is COC(=O)C1CN(S(=O)(=O)NCc2ccccc2Cl)Cc2[nH]c3ccc(Cl)cc3c21. The van der Waals surface area contributed by atoms with Gasteiger partial charge in [0.15, 0.2) is 0 Å². The summed E-state index contributed by atoms with van der Waals surface area (Å²) in [7, 11) is -2.61. The Morgan fingerprint density at radius 1 is 1.27 bits per heavy atom. The minimum atomic E-state index is -3.89. The predicted octanol–water partition coefficient (Wildman–Crippen LogP) is 3.58. The number of nitrogens with zero attached hydrogens (tertiary/aromatic N) is 1. The van der Waals surface area contributed by atoms with E-state index in [9.17, 15) is 13.2 Å². The second-order valence-electron chi connectivity index (χ2n) is 6.99. The number of rotatable bonds is 5. The molecule has 1 atom stereocenters. The van der Waals surface area contributed by atoms with E-state index in [0.29, 0.717) is 21.3 Å². The van der Waals surface area contributed by atoms with Crippen LogP contribution in [0.3, 0.4) is 0 Å². The lowest BCUT2D eigenvalue weighted by atomic mass is 9.93. The summed E-state index contributed by atoms with van der Waals surface area (Å²) in [5, 5.41) is 1.79. The van der Waals surface area contributed by atoms with Gasteiger partial charge in [0.1, 0.15) is 0 Å². The van der Waals surface area contributed by atoms with Gasteiger partial charge in [0, 0.05) is 39.7 Å². The van der Waals surface area contributed by atoms with Crippen molar-refractivity contribution in [2.24, 2.45) is 0 Å². The van der Waals surface area contributed by atoms with Crippen molar-refractivity contribution in [3.63, 3.8) is 0 Å². The standard InChI is InChI=1S/C20H19Cl2N3O4S/c1-29-20(26)15-10-25(30(27,28)23-9-12-4-2-3-5-16(12)22)11-18-19(15)14-8-13(21)6-7-17(14)24-18/h2-8,15,23-24H,9-11H2,1H3. The molecular weight excluding hydrogens is 449 g/mol. The van der Waals surface area contributed by atoms with Crippen molar-refractivity contribution in [3.8, 4) is 0 Å². The van der Waals surface area contributed by atoms with Gasteiger partial charge in [0.25, 0.3) is 10.2 Å². The number of fused-ring (bicyclic) bond motifs is 3. The van der Waals surface area contributed by atoms with Gasteiger partial charge in [-0.2, -0.15) is 17.4 Å². The largest absolute Gasteiger partial charge is 0.469 e. The van der Waals surface area contributed by atoms with Crippen molar-refractivity contribution >= 4 is 50.3 Å². The van der Waals surface area contributed by atoms with E-state index in [4.69, 9.17) is 27.9 Å². The van der Waals surface area contributed by atoms with Crippen LogP contribution in [0.2, 0.25) is 10.0 Å².